The van der Waals surface area contributed by atoms with Gasteiger partial charge in [-0.2, -0.15) is 4.98 Å². The summed E-state index contributed by atoms with van der Waals surface area (Å²) in [5, 5.41) is 19.4. The van der Waals surface area contributed by atoms with E-state index in [-0.39, 0.29) is 0 Å². The van der Waals surface area contributed by atoms with Gasteiger partial charge in [0, 0.05) is 32.4 Å². The van der Waals surface area contributed by atoms with Gasteiger partial charge in [0.2, 0.25) is 0 Å². The van der Waals surface area contributed by atoms with E-state index >= 15 is 0 Å². The largest absolute Gasteiger partial charge is 0.385 e. The van der Waals surface area contributed by atoms with Crippen LogP contribution in [0.5, 0.6) is 0 Å². The number of nitrogens with one attached hydrogen (secondary N) is 1. The van der Waals surface area contributed by atoms with Crippen LogP contribution >= 0.6 is 11.6 Å². The summed E-state index contributed by atoms with van der Waals surface area (Å²) in [7, 11) is 1.67. The van der Waals surface area contributed by atoms with Gasteiger partial charge in [-0.05, 0) is 32.3 Å². The van der Waals surface area contributed by atoms with Crippen molar-refractivity contribution in [3.8, 4) is 11.5 Å². The minimum Gasteiger partial charge on any atom is -0.385 e. The van der Waals surface area contributed by atoms with Crippen LogP contribution in [0.3, 0.4) is 0 Å². The highest BCUT2D eigenvalue weighted by Crippen LogP contribution is 2.41. The van der Waals surface area contributed by atoms with Crippen molar-refractivity contribution in [2.45, 2.75) is 37.9 Å². The summed E-state index contributed by atoms with van der Waals surface area (Å²) in [4.78, 5) is 4.32. The van der Waals surface area contributed by atoms with E-state index < -0.39 is 11.7 Å². The Bertz CT molecular complexity index is 748. The number of halogens is 1. The fraction of sp³-hybridized carbons (Fsp3) is 0.579. The molecule has 2 aromatic rings. The van der Waals surface area contributed by atoms with Crippen LogP contribution < -0.4 is 5.32 Å². The molecule has 1 aromatic heterocycles. The average Bonchev–Trinajstić information content (AvgIpc) is 3.11. The summed E-state index contributed by atoms with van der Waals surface area (Å²) in [5.41, 5.74) is -0.0445. The van der Waals surface area contributed by atoms with Crippen molar-refractivity contribution in [1.29, 1.82) is 0 Å². The summed E-state index contributed by atoms with van der Waals surface area (Å²) >= 11 is 6.49. The molecule has 0 bridgehead atoms. The predicted molar refractivity (Wildman–Crippen MR) is 102 cm³/mol. The normalized spacial score (nSPS) is 19.8. The van der Waals surface area contributed by atoms with E-state index in [2.05, 4.69) is 15.5 Å². The number of unbranched alkanes of at least 4 members (excludes halogenated alkanes) is 1. The van der Waals surface area contributed by atoms with Crippen LogP contribution in [0, 0.1) is 6.92 Å². The molecule has 7 nitrogen and oxygen atoms in total. The number of morpholine rings is 1. The molecule has 2 N–H and O–H groups in total. The molecular formula is C19H26ClN3O4. The van der Waals surface area contributed by atoms with Crippen molar-refractivity contribution in [3.63, 3.8) is 0 Å². The van der Waals surface area contributed by atoms with Crippen LogP contribution in [-0.2, 0) is 15.1 Å². The highest BCUT2D eigenvalue weighted by atomic mass is 35.5. The van der Waals surface area contributed by atoms with Crippen molar-refractivity contribution >= 4 is 11.6 Å². The number of hydrogen-bond donors (Lipinski definition) is 2. The summed E-state index contributed by atoms with van der Waals surface area (Å²) in [6.45, 7) is 4.25. The Hall–Kier alpha value is -1.51. The number of aromatic nitrogens is 2. The highest BCUT2D eigenvalue weighted by Gasteiger charge is 2.42. The third-order valence-electron chi connectivity index (χ3n) is 4.84. The third-order valence-corrected chi connectivity index (χ3v) is 5.15. The Morgan fingerprint density at radius 2 is 2.26 bits per heavy atom. The number of aryl methyl sites for hydroxylation is 1. The smallest absolute Gasteiger partial charge is 0.259 e. The van der Waals surface area contributed by atoms with Crippen molar-refractivity contribution in [3.05, 3.63) is 34.6 Å². The summed E-state index contributed by atoms with van der Waals surface area (Å²) in [6, 6.07) is 5.43. The lowest BCUT2D eigenvalue weighted by molar-refractivity contribution is -0.129. The van der Waals surface area contributed by atoms with Crippen LogP contribution in [0.25, 0.3) is 11.5 Å². The molecule has 1 saturated heterocycles. The molecule has 2 atom stereocenters. The molecular weight excluding hydrogens is 370 g/mol. The minimum absolute atomic E-state index is 0.298. The molecule has 1 unspecified atom stereocenters. The molecule has 0 amide bonds. The van der Waals surface area contributed by atoms with Crippen LogP contribution in [0.15, 0.2) is 22.7 Å². The summed E-state index contributed by atoms with van der Waals surface area (Å²) < 4.78 is 16.4. The number of hydrogen-bond acceptors (Lipinski definition) is 7. The molecule has 2 heterocycles. The van der Waals surface area contributed by atoms with E-state index in [1.807, 2.05) is 12.1 Å². The molecule has 1 fully saturated rings. The number of aliphatic hydroxyl groups is 1. The van der Waals surface area contributed by atoms with E-state index in [9.17, 15) is 5.11 Å². The van der Waals surface area contributed by atoms with Crippen LogP contribution in [0.1, 0.15) is 30.7 Å². The van der Waals surface area contributed by atoms with E-state index in [0.29, 0.717) is 54.0 Å². The first kappa shape index (κ1) is 20.2. The molecule has 1 aromatic carbocycles. The monoisotopic (exact) mass is 395 g/mol. The van der Waals surface area contributed by atoms with Gasteiger partial charge in [-0.15, -0.1) is 0 Å². The average molecular weight is 396 g/mol. The van der Waals surface area contributed by atoms with E-state index in [1.165, 1.54) is 0 Å². The first-order valence-electron chi connectivity index (χ1n) is 9.19. The second-order valence-electron chi connectivity index (χ2n) is 6.75. The highest BCUT2D eigenvalue weighted by molar-refractivity contribution is 6.33. The first-order valence-corrected chi connectivity index (χ1v) is 9.57. The number of nitrogens with zero attached hydrogens (tertiary/aromatic N) is 2. The van der Waals surface area contributed by atoms with Crippen LogP contribution in [0.2, 0.25) is 5.02 Å². The lowest BCUT2D eigenvalue weighted by Gasteiger charge is -2.40. The Morgan fingerprint density at radius 3 is 2.93 bits per heavy atom. The van der Waals surface area contributed by atoms with Gasteiger partial charge in [-0.3, -0.25) is 0 Å². The Kier molecular flexibility index (Phi) is 6.83. The maximum atomic E-state index is 11.8. The molecule has 3 rings (SSSR count). The SMILES string of the molecule is COCCCC[C@@](O)(c1cccc(Cl)c1-c1nc(C)no1)C1CNCCO1. The Balaban J connectivity index is 2.02. The molecule has 8 heteroatoms. The summed E-state index contributed by atoms with van der Waals surface area (Å²) in [5.74, 6) is 0.808. The topological polar surface area (TPSA) is 89.6 Å². The fourth-order valence-corrected chi connectivity index (χ4v) is 3.74. The molecule has 0 aliphatic carbocycles. The summed E-state index contributed by atoms with van der Waals surface area (Å²) in [6.07, 6.45) is 1.71. The Morgan fingerprint density at radius 1 is 1.41 bits per heavy atom. The van der Waals surface area contributed by atoms with Crippen molar-refractivity contribution < 1.29 is 19.1 Å². The number of methoxy groups -OCH3 is 1. The number of ether oxygens (including phenoxy) is 2. The molecule has 0 saturated carbocycles. The fourth-order valence-electron chi connectivity index (χ4n) is 3.48. The second-order valence-corrected chi connectivity index (χ2v) is 7.15. The van der Waals surface area contributed by atoms with Gasteiger partial charge in [-0.25, -0.2) is 0 Å². The molecule has 1 aliphatic rings. The van der Waals surface area contributed by atoms with Gasteiger partial charge < -0.3 is 24.4 Å². The molecule has 1 aliphatic heterocycles. The van der Waals surface area contributed by atoms with Gasteiger partial charge in [0.1, 0.15) is 11.7 Å². The van der Waals surface area contributed by atoms with Crippen LogP contribution in [-0.4, -0.2) is 54.8 Å². The molecule has 148 valence electrons. The van der Waals surface area contributed by atoms with Crippen LogP contribution in [0.4, 0.5) is 0 Å². The maximum absolute atomic E-state index is 11.8. The zero-order valence-electron chi connectivity index (χ0n) is 15.7. The Labute approximate surface area is 164 Å². The van der Waals surface area contributed by atoms with Crippen molar-refractivity contribution in [1.82, 2.24) is 15.5 Å². The van der Waals surface area contributed by atoms with Gasteiger partial charge in [0.15, 0.2) is 5.82 Å². The van der Waals surface area contributed by atoms with E-state index in [0.717, 1.165) is 19.4 Å². The first-order chi connectivity index (χ1) is 13.1. The molecule has 0 radical (unpaired) electrons. The van der Waals surface area contributed by atoms with E-state index in [4.69, 9.17) is 25.6 Å². The number of benzene rings is 1. The quantitative estimate of drug-likeness (QED) is 0.664. The van der Waals surface area contributed by atoms with Gasteiger partial charge in [0.25, 0.3) is 5.89 Å². The number of rotatable bonds is 8. The zero-order valence-corrected chi connectivity index (χ0v) is 16.5. The van der Waals surface area contributed by atoms with Crippen molar-refractivity contribution in [2.75, 3.05) is 33.4 Å². The third kappa shape index (κ3) is 4.50. The van der Waals surface area contributed by atoms with Crippen molar-refractivity contribution in [2.24, 2.45) is 0 Å². The van der Waals surface area contributed by atoms with E-state index in [1.54, 1.807) is 20.1 Å². The maximum Gasteiger partial charge on any atom is 0.259 e. The standard InChI is InChI=1S/C19H26ClN3O4/c1-13-22-18(27-23-13)17-14(6-5-7-15(17)20)19(24,8-3-4-10-25-2)16-12-21-9-11-26-16/h5-7,16,21,24H,3-4,8-12H2,1-2H3/t16?,19-/m1/s1. The second kappa shape index (κ2) is 9.12. The predicted octanol–water partition coefficient (Wildman–Crippen LogP) is 2.69. The van der Waals surface area contributed by atoms with Gasteiger partial charge in [0.05, 0.1) is 17.2 Å². The lowest BCUT2D eigenvalue weighted by Crippen LogP contribution is -2.51. The zero-order chi connectivity index (χ0) is 19.3. The van der Waals surface area contributed by atoms with Gasteiger partial charge in [-0.1, -0.05) is 28.9 Å². The van der Waals surface area contributed by atoms with Gasteiger partial charge >= 0.3 is 0 Å². The lowest BCUT2D eigenvalue weighted by atomic mass is 9.80. The molecule has 27 heavy (non-hydrogen) atoms. The molecule has 0 spiro atoms. The minimum atomic E-state index is -1.25.